The van der Waals surface area contributed by atoms with Gasteiger partial charge in [-0.05, 0) is 48.6 Å². The molecule has 1 N–H and O–H groups in total. The number of halogens is 1. The summed E-state index contributed by atoms with van der Waals surface area (Å²) >= 11 is 0. The first-order chi connectivity index (χ1) is 12.6. The molecule has 0 aromatic heterocycles. The number of amides is 1. The topological polar surface area (TPSA) is 32.3 Å². The van der Waals surface area contributed by atoms with Crippen molar-refractivity contribution >= 4 is 5.91 Å². The third kappa shape index (κ3) is 6.44. The quantitative estimate of drug-likeness (QED) is 0.669. The van der Waals surface area contributed by atoms with E-state index in [9.17, 15) is 9.18 Å². The molecule has 0 aromatic carbocycles. The van der Waals surface area contributed by atoms with Gasteiger partial charge in [0.25, 0.3) is 0 Å². The Kier molecular flexibility index (Phi) is 7.67. The van der Waals surface area contributed by atoms with Crippen molar-refractivity contribution in [3.8, 4) is 0 Å². The Bertz CT molecular complexity index is 577. The lowest BCUT2D eigenvalue weighted by Crippen LogP contribution is -2.53. The van der Waals surface area contributed by atoms with Gasteiger partial charge in [0.2, 0.25) is 5.91 Å². The standard InChI is InChI=1S/C23H39FN2O/c1-16(2)13-22(27)25-21(17(3)4)14-26-12-11-20(23(5,6)15-26)18-7-9-19(24)10-8-18/h7,9,16-17,20-21H,8,10-15H2,1-6H3,(H,25,27)/t20?,21-/m0/s1. The molecule has 0 saturated carbocycles. The molecule has 3 nitrogen and oxygen atoms in total. The van der Waals surface area contributed by atoms with Crippen LogP contribution in [0.2, 0.25) is 0 Å². The van der Waals surface area contributed by atoms with E-state index >= 15 is 0 Å². The first-order valence-electron chi connectivity index (χ1n) is 10.7. The van der Waals surface area contributed by atoms with Gasteiger partial charge in [-0.3, -0.25) is 4.79 Å². The van der Waals surface area contributed by atoms with Gasteiger partial charge in [-0.2, -0.15) is 0 Å². The summed E-state index contributed by atoms with van der Waals surface area (Å²) in [5, 5.41) is 3.26. The van der Waals surface area contributed by atoms with E-state index in [1.54, 1.807) is 6.08 Å². The van der Waals surface area contributed by atoms with Gasteiger partial charge >= 0.3 is 0 Å². The second-order valence-corrected chi connectivity index (χ2v) is 9.94. The van der Waals surface area contributed by atoms with Crippen LogP contribution < -0.4 is 5.32 Å². The van der Waals surface area contributed by atoms with Crippen LogP contribution in [0.5, 0.6) is 0 Å². The van der Waals surface area contributed by atoms with Crippen molar-refractivity contribution in [1.82, 2.24) is 10.2 Å². The fraction of sp³-hybridized carbons (Fsp3) is 0.783. The average Bonchev–Trinajstić information content (AvgIpc) is 2.54. The number of piperidine rings is 1. The molecular formula is C23H39FN2O. The number of likely N-dealkylation sites (tertiary alicyclic amines) is 1. The predicted octanol–water partition coefficient (Wildman–Crippen LogP) is 5.10. The zero-order chi connectivity index (χ0) is 20.2. The Labute approximate surface area is 165 Å². The molecule has 0 radical (unpaired) electrons. The van der Waals surface area contributed by atoms with Crippen LogP contribution in [0.1, 0.15) is 67.2 Å². The van der Waals surface area contributed by atoms with Crippen LogP contribution in [0.3, 0.4) is 0 Å². The molecule has 4 heteroatoms. The van der Waals surface area contributed by atoms with E-state index in [1.807, 2.05) is 6.08 Å². The molecule has 1 aliphatic heterocycles. The predicted molar refractivity (Wildman–Crippen MR) is 111 cm³/mol. The summed E-state index contributed by atoms with van der Waals surface area (Å²) < 4.78 is 13.4. The SMILES string of the molecule is CC(C)CC(=O)N[C@@H](CN1CCC(C2=CC=C(F)CC2)C(C)(C)C1)C(C)C. The van der Waals surface area contributed by atoms with E-state index in [4.69, 9.17) is 0 Å². The number of hydrogen-bond donors (Lipinski definition) is 1. The van der Waals surface area contributed by atoms with Crippen molar-refractivity contribution in [2.45, 2.75) is 73.3 Å². The maximum Gasteiger partial charge on any atom is 0.220 e. The van der Waals surface area contributed by atoms with Crippen molar-refractivity contribution in [2.75, 3.05) is 19.6 Å². The zero-order valence-electron chi connectivity index (χ0n) is 18.1. The first kappa shape index (κ1) is 22.1. The Morgan fingerprint density at radius 3 is 2.48 bits per heavy atom. The lowest BCUT2D eigenvalue weighted by molar-refractivity contribution is -0.123. The zero-order valence-corrected chi connectivity index (χ0v) is 18.1. The van der Waals surface area contributed by atoms with Gasteiger partial charge < -0.3 is 10.2 Å². The molecule has 1 fully saturated rings. The second-order valence-electron chi connectivity index (χ2n) is 9.94. The molecule has 1 heterocycles. The summed E-state index contributed by atoms with van der Waals surface area (Å²) in [5.41, 5.74) is 1.57. The van der Waals surface area contributed by atoms with Crippen LogP contribution in [0.25, 0.3) is 0 Å². The highest BCUT2D eigenvalue weighted by Gasteiger charge is 2.38. The molecule has 2 aliphatic rings. The van der Waals surface area contributed by atoms with E-state index < -0.39 is 0 Å². The number of hydrogen-bond acceptors (Lipinski definition) is 2. The molecule has 0 aromatic rings. The van der Waals surface area contributed by atoms with Crippen LogP contribution in [-0.2, 0) is 4.79 Å². The number of carbonyl (C=O) groups is 1. The Balaban J connectivity index is 1.97. The summed E-state index contributed by atoms with van der Waals surface area (Å²) in [4.78, 5) is 14.8. The largest absolute Gasteiger partial charge is 0.352 e. The van der Waals surface area contributed by atoms with Crippen molar-refractivity contribution in [1.29, 1.82) is 0 Å². The van der Waals surface area contributed by atoms with Crippen LogP contribution in [0.4, 0.5) is 4.39 Å². The highest BCUT2D eigenvalue weighted by Crippen LogP contribution is 2.42. The number of nitrogens with one attached hydrogen (secondary N) is 1. The molecule has 1 saturated heterocycles. The molecule has 1 unspecified atom stereocenters. The van der Waals surface area contributed by atoms with Gasteiger partial charge in [0, 0.05) is 32.0 Å². The van der Waals surface area contributed by atoms with Crippen molar-refractivity contribution in [3.05, 3.63) is 23.6 Å². The molecule has 154 valence electrons. The van der Waals surface area contributed by atoms with Crippen LogP contribution in [0, 0.1) is 23.2 Å². The van der Waals surface area contributed by atoms with E-state index in [0.717, 1.165) is 32.5 Å². The lowest BCUT2D eigenvalue weighted by Gasteiger charge is -2.47. The fourth-order valence-corrected chi connectivity index (χ4v) is 4.57. The third-order valence-electron chi connectivity index (χ3n) is 6.09. The smallest absolute Gasteiger partial charge is 0.220 e. The summed E-state index contributed by atoms with van der Waals surface area (Å²) in [5.74, 6) is 1.49. The number of carbonyl (C=O) groups excluding carboxylic acids is 1. The Morgan fingerprint density at radius 1 is 1.26 bits per heavy atom. The van der Waals surface area contributed by atoms with Gasteiger partial charge in [-0.25, -0.2) is 4.39 Å². The third-order valence-corrected chi connectivity index (χ3v) is 6.09. The van der Waals surface area contributed by atoms with Gasteiger partial charge in [0.1, 0.15) is 5.83 Å². The Morgan fingerprint density at radius 2 is 1.96 bits per heavy atom. The normalized spacial score (nSPS) is 24.6. The number of rotatable bonds is 7. The second kappa shape index (κ2) is 9.36. The molecule has 2 atom stereocenters. The van der Waals surface area contributed by atoms with Crippen LogP contribution >= 0.6 is 0 Å². The van der Waals surface area contributed by atoms with Crippen molar-refractivity contribution < 1.29 is 9.18 Å². The highest BCUT2D eigenvalue weighted by molar-refractivity contribution is 5.76. The van der Waals surface area contributed by atoms with Gasteiger partial charge in [0.05, 0.1) is 0 Å². The van der Waals surface area contributed by atoms with Gasteiger partial charge in [-0.1, -0.05) is 53.2 Å². The minimum Gasteiger partial charge on any atom is -0.352 e. The molecule has 2 rings (SSSR count). The maximum absolute atomic E-state index is 13.4. The van der Waals surface area contributed by atoms with Gasteiger partial charge in [0.15, 0.2) is 0 Å². The van der Waals surface area contributed by atoms with Gasteiger partial charge in [-0.15, -0.1) is 0 Å². The monoisotopic (exact) mass is 378 g/mol. The van der Waals surface area contributed by atoms with E-state index in [0.29, 0.717) is 30.6 Å². The van der Waals surface area contributed by atoms with E-state index in [-0.39, 0.29) is 23.2 Å². The molecule has 0 spiro atoms. The minimum absolute atomic E-state index is 0.00547. The first-order valence-corrected chi connectivity index (χ1v) is 10.7. The molecular weight excluding hydrogens is 339 g/mol. The molecule has 0 bridgehead atoms. The van der Waals surface area contributed by atoms with Crippen LogP contribution in [0.15, 0.2) is 23.6 Å². The Hall–Kier alpha value is -1.16. The maximum atomic E-state index is 13.4. The fourth-order valence-electron chi connectivity index (χ4n) is 4.57. The van der Waals surface area contributed by atoms with Crippen LogP contribution in [-0.4, -0.2) is 36.5 Å². The van der Waals surface area contributed by atoms with E-state index in [1.165, 1.54) is 5.57 Å². The average molecular weight is 379 g/mol. The summed E-state index contributed by atoms with van der Waals surface area (Å²) in [6, 6.07) is 0.189. The summed E-state index contributed by atoms with van der Waals surface area (Å²) in [6.45, 7) is 16.2. The summed E-state index contributed by atoms with van der Waals surface area (Å²) in [6.07, 6.45) is 6.79. The summed E-state index contributed by atoms with van der Waals surface area (Å²) in [7, 11) is 0. The molecule has 1 amide bonds. The van der Waals surface area contributed by atoms with E-state index in [2.05, 4.69) is 51.8 Å². The number of allylic oxidation sites excluding steroid dienone is 4. The number of nitrogens with zero attached hydrogens (tertiary/aromatic N) is 1. The lowest BCUT2D eigenvalue weighted by atomic mass is 9.68. The minimum atomic E-state index is 0.00547. The van der Waals surface area contributed by atoms with Crippen molar-refractivity contribution in [2.24, 2.45) is 23.2 Å². The molecule has 27 heavy (non-hydrogen) atoms. The van der Waals surface area contributed by atoms with Crippen molar-refractivity contribution in [3.63, 3.8) is 0 Å². The molecule has 1 aliphatic carbocycles. The highest BCUT2D eigenvalue weighted by atomic mass is 19.1.